The van der Waals surface area contributed by atoms with Crippen molar-refractivity contribution in [2.75, 3.05) is 26.4 Å². The molecule has 0 saturated heterocycles. The largest absolute Gasteiger partial charge is 0.462 e. The van der Waals surface area contributed by atoms with E-state index < -0.39 is 23.9 Å². The molecule has 0 aliphatic rings. The van der Waals surface area contributed by atoms with Gasteiger partial charge in [0.2, 0.25) is 0 Å². The quantitative estimate of drug-likeness (QED) is 0.175. The minimum atomic E-state index is -1.000. The number of terminal acetylenes is 2. The Morgan fingerprint density at radius 3 is 1.65 bits per heavy atom. The minimum Gasteiger partial charge on any atom is -0.462 e. The Hall–Kier alpha value is -4.04. The molecule has 0 fully saturated rings. The van der Waals surface area contributed by atoms with Gasteiger partial charge in [-0.1, -0.05) is 37.8 Å². The van der Waals surface area contributed by atoms with E-state index in [2.05, 4.69) is 18.4 Å². The van der Waals surface area contributed by atoms with Crippen molar-refractivity contribution in [3.63, 3.8) is 0 Å². The third-order valence-corrected chi connectivity index (χ3v) is 3.67. The highest BCUT2D eigenvalue weighted by atomic mass is 16.5. The van der Waals surface area contributed by atoms with E-state index in [1.165, 1.54) is 6.08 Å². The molecule has 0 bridgehead atoms. The number of ether oxygens (including phenoxy) is 4. The summed E-state index contributed by atoms with van der Waals surface area (Å²) >= 11 is 0. The van der Waals surface area contributed by atoms with Crippen molar-refractivity contribution in [3.8, 4) is 24.7 Å². The molecule has 0 amide bonds. The molecule has 0 aliphatic heterocycles. The molecule has 162 valence electrons. The maximum atomic E-state index is 12.6. The SMILES string of the molecule is C#CCOC(=O)c1cc(C(=O)OCC#C)c(C(=O)OCCCC)cc1C(=O)OCC=C. The molecule has 0 unspecified atom stereocenters. The molecule has 0 aromatic heterocycles. The van der Waals surface area contributed by atoms with E-state index in [9.17, 15) is 19.2 Å². The van der Waals surface area contributed by atoms with Crippen LogP contribution < -0.4 is 0 Å². The van der Waals surface area contributed by atoms with Crippen LogP contribution in [0.3, 0.4) is 0 Å². The zero-order chi connectivity index (χ0) is 23.2. The van der Waals surface area contributed by atoms with Crippen LogP contribution in [-0.2, 0) is 18.9 Å². The fourth-order valence-corrected chi connectivity index (χ4v) is 2.24. The van der Waals surface area contributed by atoms with E-state index in [1.807, 2.05) is 6.92 Å². The summed E-state index contributed by atoms with van der Waals surface area (Å²) in [4.78, 5) is 50.0. The summed E-state index contributed by atoms with van der Waals surface area (Å²) in [6, 6.07) is 2.00. The topological polar surface area (TPSA) is 105 Å². The van der Waals surface area contributed by atoms with E-state index in [0.717, 1.165) is 18.6 Å². The van der Waals surface area contributed by atoms with Crippen molar-refractivity contribution in [3.05, 3.63) is 47.0 Å². The number of rotatable bonds is 11. The maximum Gasteiger partial charge on any atom is 0.339 e. The lowest BCUT2D eigenvalue weighted by molar-refractivity contribution is 0.0467. The number of unbranched alkanes of at least 4 members (excludes halogenated alkanes) is 1. The molecule has 1 rings (SSSR count). The number of hydrogen-bond acceptors (Lipinski definition) is 8. The zero-order valence-electron chi connectivity index (χ0n) is 17.1. The number of benzene rings is 1. The first-order chi connectivity index (χ1) is 14.9. The summed E-state index contributed by atoms with van der Waals surface area (Å²) in [5, 5.41) is 0. The average molecular weight is 426 g/mol. The molecule has 0 spiro atoms. The third-order valence-electron chi connectivity index (χ3n) is 3.67. The monoisotopic (exact) mass is 426 g/mol. The molecule has 0 aliphatic carbocycles. The van der Waals surface area contributed by atoms with Gasteiger partial charge in [-0.15, -0.1) is 12.8 Å². The summed E-state index contributed by atoms with van der Waals surface area (Å²) in [7, 11) is 0. The third kappa shape index (κ3) is 7.37. The second-order valence-electron chi connectivity index (χ2n) is 5.88. The molecule has 8 heteroatoms. The van der Waals surface area contributed by atoms with Crippen LogP contribution in [0.5, 0.6) is 0 Å². The van der Waals surface area contributed by atoms with E-state index in [4.69, 9.17) is 31.8 Å². The van der Waals surface area contributed by atoms with E-state index in [1.54, 1.807) is 0 Å². The van der Waals surface area contributed by atoms with Gasteiger partial charge in [0, 0.05) is 0 Å². The maximum absolute atomic E-state index is 12.6. The van der Waals surface area contributed by atoms with Gasteiger partial charge in [0.15, 0.2) is 13.2 Å². The van der Waals surface area contributed by atoms with Gasteiger partial charge in [-0.3, -0.25) is 0 Å². The Labute approximate surface area is 180 Å². The second-order valence-corrected chi connectivity index (χ2v) is 5.88. The van der Waals surface area contributed by atoms with Gasteiger partial charge in [-0.05, 0) is 18.6 Å². The van der Waals surface area contributed by atoms with Crippen LogP contribution in [-0.4, -0.2) is 50.3 Å². The summed E-state index contributed by atoms with van der Waals surface area (Å²) in [5.74, 6) is 0.415. The van der Waals surface area contributed by atoms with Crippen molar-refractivity contribution in [2.24, 2.45) is 0 Å². The van der Waals surface area contributed by atoms with Crippen molar-refractivity contribution in [1.82, 2.24) is 0 Å². The second kappa shape index (κ2) is 13.2. The first-order valence-corrected chi connectivity index (χ1v) is 9.25. The Morgan fingerprint density at radius 1 is 0.839 bits per heavy atom. The van der Waals surface area contributed by atoms with Crippen LogP contribution in [0.25, 0.3) is 0 Å². The van der Waals surface area contributed by atoms with Crippen molar-refractivity contribution in [2.45, 2.75) is 19.8 Å². The highest BCUT2D eigenvalue weighted by Gasteiger charge is 2.28. The predicted octanol–water partition coefficient (Wildman–Crippen LogP) is 2.57. The van der Waals surface area contributed by atoms with Crippen LogP contribution >= 0.6 is 0 Å². The van der Waals surface area contributed by atoms with Gasteiger partial charge in [0.1, 0.15) is 6.61 Å². The van der Waals surface area contributed by atoms with Crippen LogP contribution in [0, 0.1) is 24.7 Å². The summed E-state index contributed by atoms with van der Waals surface area (Å²) in [6.07, 6.45) is 12.9. The molecule has 0 heterocycles. The molecule has 0 N–H and O–H groups in total. The Morgan fingerprint density at radius 2 is 1.26 bits per heavy atom. The molecule has 0 radical (unpaired) electrons. The molecular weight excluding hydrogens is 404 g/mol. The lowest BCUT2D eigenvalue weighted by Gasteiger charge is -2.14. The number of carbonyl (C=O) groups is 4. The fourth-order valence-electron chi connectivity index (χ4n) is 2.24. The van der Waals surface area contributed by atoms with Crippen molar-refractivity contribution in [1.29, 1.82) is 0 Å². The normalized spacial score (nSPS) is 9.52. The smallest absolute Gasteiger partial charge is 0.339 e. The summed E-state index contributed by atoms with van der Waals surface area (Å²) in [5.41, 5.74) is -1.29. The van der Waals surface area contributed by atoms with Gasteiger partial charge < -0.3 is 18.9 Å². The highest BCUT2D eigenvalue weighted by Crippen LogP contribution is 2.22. The highest BCUT2D eigenvalue weighted by molar-refractivity contribution is 6.10. The van der Waals surface area contributed by atoms with Crippen LogP contribution in [0.15, 0.2) is 24.8 Å². The van der Waals surface area contributed by atoms with Gasteiger partial charge in [-0.2, -0.15) is 0 Å². The lowest BCUT2D eigenvalue weighted by atomic mass is 9.98. The molecular formula is C23H22O8. The molecule has 1 aromatic carbocycles. The van der Waals surface area contributed by atoms with Gasteiger partial charge in [0.25, 0.3) is 0 Å². The van der Waals surface area contributed by atoms with Gasteiger partial charge in [-0.25, -0.2) is 19.2 Å². The van der Waals surface area contributed by atoms with Gasteiger partial charge in [0.05, 0.1) is 28.9 Å². The predicted molar refractivity (Wildman–Crippen MR) is 110 cm³/mol. The zero-order valence-corrected chi connectivity index (χ0v) is 17.1. The molecule has 1 aromatic rings. The number of esters is 4. The van der Waals surface area contributed by atoms with Crippen LogP contribution in [0.4, 0.5) is 0 Å². The van der Waals surface area contributed by atoms with Gasteiger partial charge >= 0.3 is 23.9 Å². The number of carbonyl (C=O) groups excluding carboxylic acids is 4. The van der Waals surface area contributed by atoms with E-state index in [0.29, 0.717) is 6.42 Å². The minimum absolute atomic E-state index is 0.0936. The molecule has 0 saturated carbocycles. The summed E-state index contributed by atoms with van der Waals surface area (Å²) < 4.78 is 19.9. The van der Waals surface area contributed by atoms with Crippen LogP contribution in [0.2, 0.25) is 0 Å². The summed E-state index contributed by atoms with van der Waals surface area (Å²) in [6.45, 7) is 4.53. The first-order valence-electron chi connectivity index (χ1n) is 9.25. The number of hydrogen-bond donors (Lipinski definition) is 0. The Balaban J connectivity index is 3.57. The molecule has 0 atom stereocenters. The Bertz CT molecular complexity index is 930. The van der Waals surface area contributed by atoms with E-state index >= 15 is 0 Å². The lowest BCUT2D eigenvalue weighted by Crippen LogP contribution is -2.21. The first kappa shape index (κ1) is 25.0. The van der Waals surface area contributed by atoms with Crippen molar-refractivity contribution < 1.29 is 38.1 Å². The Kier molecular flexibility index (Phi) is 10.7. The molecule has 8 nitrogen and oxygen atoms in total. The van der Waals surface area contributed by atoms with Crippen molar-refractivity contribution >= 4 is 23.9 Å². The standard InChI is InChI=1S/C23H22O8/c1-5-9-13-31-23(27)19-15-17(21(25)29-11-7-3)16(20(24)28-10-6-2)14-18(19)22(26)30-12-8-4/h2,4,7,14-15H,3,5,9-13H2,1H3. The fraction of sp³-hybridized carbons (Fsp3) is 0.304. The average Bonchev–Trinajstić information content (AvgIpc) is 2.78. The van der Waals surface area contributed by atoms with E-state index in [-0.39, 0.29) is 48.7 Å². The molecule has 31 heavy (non-hydrogen) atoms. The van der Waals surface area contributed by atoms with Crippen LogP contribution in [0.1, 0.15) is 61.2 Å².